The fourth-order valence-corrected chi connectivity index (χ4v) is 2.23. The standard InChI is InChI=1S/C11H18O4/c12-10(13)9(11(14)15)7-6-8-4-2-1-3-5-8/h8-9H,1-7H2,(H,12,13)(H,14,15). The molecule has 1 fully saturated rings. The van der Waals surface area contributed by atoms with Crippen molar-refractivity contribution in [3.05, 3.63) is 0 Å². The summed E-state index contributed by atoms with van der Waals surface area (Å²) in [7, 11) is 0. The lowest BCUT2D eigenvalue weighted by atomic mass is 9.84. The fourth-order valence-electron chi connectivity index (χ4n) is 2.23. The summed E-state index contributed by atoms with van der Waals surface area (Å²) in [6.45, 7) is 0. The lowest BCUT2D eigenvalue weighted by Gasteiger charge is -2.21. The van der Waals surface area contributed by atoms with Gasteiger partial charge in [0.05, 0.1) is 0 Å². The smallest absolute Gasteiger partial charge is 0.317 e. The third kappa shape index (κ3) is 3.90. The summed E-state index contributed by atoms with van der Waals surface area (Å²) in [5.41, 5.74) is 0. The normalized spacial score (nSPS) is 17.9. The van der Waals surface area contributed by atoms with Crippen LogP contribution in [0.3, 0.4) is 0 Å². The maximum Gasteiger partial charge on any atom is 0.317 e. The largest absolute Gasteiger partial charge is 0.481 e. The van der Waals surface area contributed by atoms with E-state index in [9.17, 15) is 9.59 Å². The molecule has 0 radical (unpaired) electrons. The Kier molecular flexibility index (Phi) is 4.59. The molecule has 1 rings (SSSR count). The van der Waals surface area contributed by atoms with Gasteiger partial charge in [0.15, 0.2) is 5.92 Å². The molecule has 0 saturated heterocycles. The van der Waals surface area contributed by atoms with Crippen LogP contribution < -0.4 is 0 Å². The summed E-state index contributed by atoms with van der Waals surface area (Å²) >= 11 is 0. The van der Waals surface area contributed by atoms with Crippen LogP contribution in [0.25, 0.3) is 0 Å². The molecule has 0 aromatic carbocycles. The van der Waals surface area contributed by atoms with E-state index in [-0.39, 0.29) is 6.42 Å². The number of carbonyl (C=O) groups is 2. The first-order chi connectivity index (χ1) is 7.11. The number of hydrogen-bond acceptors (Lipinski definition) is 2. The van der Waals surface area contributed by atoms with Gasteiger partial charge in [-0.05, 0) is 18.8 Å². The van der Waals surface area contributed by atoms with Gasteiger partial charge >= 0.3 is 11.9 Å². The molecule has 0 aromatic rings. The van der Waals surface area contributed by atoms with E-state index in [2.05, 4.69) is 0 Å². The van der Waals surface area contributed by atoms with Gasteiger partial charge in [0.1, 0.15) is 0 Å². The van der Waals surface area contributed by atoms with Crippen molar-refractivity contribution in [3.63, 3.8) is 0 Å². The summed E-state index contributed by atoms with van der Waals surface area (Å²) in [4.78, 5) is 21.3. The quantitative estimate of drug-likeness (QED) is 0.687. The van der Waals surface area contributed by atoms with Crippen LogP contribution in [0.5, 0.6) is 0 Å². The Morgan fingerprint density at radius 1 is 1.07 bits per heavy atom. The van der Waals surface area contributed by atoms with E-state index < -0.39 is 17.9 Å². The van der Waals surface area contributed by atoms with Crippen LogP contribution in [0.1, 0.15) is 44.9 Å². The van der Waals surface area contributed by atoms with E-state index in [0.29, 0.717) is 5.92 Å². The minimum Gasteiger partial charge on any atom is -0.481 e. The predicted molar refractivity (Wildman–Crippen MR) is 54.6 cm³/mol. The Hall–Kier alpha value is -1.06. The number of aliphatic carboxylic acids is 2. The van der Waals surface area contributed by atoms with E-state index >= 15 is 0 Å². The van der Waals surface area contributed by atoms with Crippen molar-refractivity contribution < 1.29 is 19.8 Å². The maximum absolute atomic E-state index is 10.6. The van der Waals surface area contributed by atoms with E-state index in [1.54, 1.807) is 0 Å². The fraction of sp³-hybridized carbons (Fsp3) is 0.818. The van der Waals surface area contributed by atoms with Crippen LogP contribution >= 0.6 is 0 Å². The highest BCUT2D eigenvalue weighted by Crippen LogP contribution is 2.28. The number of carboxylic acid groups (broad SMARTS) is 2. The summed E-state index contributed by atoms with van der Waals surface area (Å²) < 4.78 is 0. The zero-order valence-electron chi connectivity index (χ0n) is 8.82. The van der Waals surface area contributed by atoms with Crippen LogP contribution in [0.4, 0.5) is 0 Å². The number of rotatable bonds is 5. The Morgan fingerprint density at radius 3 is 2.07 bits per heavy atom. The predicted octanol–water partition coefficient (Wildman–Crippen LogP) is 2.13. The lowest BCUT2D eigenvalue weighted by Crippen LogP contribution is -2.24. The molecule has 1 aliphatic carbocycles. The number of carboxylic acids is 2. The Bertz CT molecular complexity index is 217. The molecule has 15 heavy (non-hydrogen) atoms. The zero-order valence-corrected chi connectivity index (χ0v) is 8.82. The third-order valence-electron chi connectivity index (χ3n) is 3.18. The molecule has 1 saturated carbocycles. The average Bonchev–Trinajstić information content (AvgIpc) is 2.18. The van der Waals surface area contributed by atoms with Crippen LogP contribution in [0.2, 0.25) is 0 Å². The molecular formula is C11H18O4. The van der Waals surface area contributed by atoms with E-state index in [4.69, 9.17) is 10.2 Å². The first-order valence-electron chi connectivity index (χ1n) is 5.57. The second-order valence-electron chi connectivity index (χ2n) is 4.31. The van der Waals surface area contributed by atoms with Gasteiger partial charge in [-0.1, -0.05) is 32.1 Å². The zero-order chi connectivity index (χ0) is 11.3. The van der Waals surface area contributed by atoms with Gasteiger partial charge in [-0.2, -0.15) is 0 Å². The first kappa shape index (κ1) is 12.0. The second-order valence-corrected chi connectivity index (χ2v) is 4.31. The molecule has 4 nitrogen and oxygen atoms in total. The molecule has 1 aliphatic rings. The van der Waals surface area contributed by atoms with Crippen LogP contribution in [0, 0.1) is 11.8 Å². The Labute approximate surface area is 89.3 Å². The first-order valence-corrected chi connectivity index (χ1v) is 5.57. The van der Waals surface area contributed by atoms with Crippen LogP contribution in [-0.2, 0) is 9.59 Å². The highest BCUT2D eigenvalue weighted by molar-refractivity contribution is 5.92. The molecule has 0 aromatic heterocycles. The van der Waals surface area contributed by atoms with Crippen molar-refractivity contribution in [1.29, 1.82) is 0 Å². The molecule has 2 N–H and O–H groups in total. The number of hydrogen-bond donors (Lipinski definition) is 2. The second kappa shape index (κ2) is 5.73. The van der Waals surface area contributed by atoms with Crippen LogP contribution in [-0.4, -0.2) is 22.2 Å². The molecule has 0 unspecified atom stereocenters. The molecule has 4 heteroatoms. The summed E-state index contributed by atoms with van der Waals surface area (Å²) in [5.74, 6) is -3.09. The Morgan fingerprint density at radius 2 is 1.60 bits per heavy atom. The molecular weight excluding hydrogens is 196 g/mol. The third-order valence-corrected chi connectivity index (χ3v) is 3.18. The van der Waals surface area contributed by atoms with Crippen LogP contribution in [0.15, 0.2) is 0 Å². The molecule has 0 atom stereocenters. The summed E-state index contributed by atoms with van der Waals surface area (Å²) in [6, 6.07) is 0. The molecule has 0 heterocycles. The molecule has 0 amide bonds. The molecule has 0 aliphatic heterocycles. The summed E-state index contributed by atoms with van der Waals surface area (Å²) in [6.07, 6.45) is 6.94. The van der Waals surface area contributed by atoms with Crippen molar-refractivity contribution in [2.24, 2.45) is 11.8 Å². The van der Waals surface area contributed by atoms with Gasteiger partial charge in [-0.25, -0.2) is 0 Å². The Balaban J connectivity index is 2.32. The van der Waals surface area contributed by atoms with Gasteiger partial charge in [0.2, 0.25) is 0 Å². The van der Waals surface area contributed by atoms with E-state index in [0.717, 1.165) is 19.3 Å². The molecule has 0 spiro atoms. The van der Waals surface area contributed by atoms with Gasteiger partial charge in [-0.15, -0.1) is 0 Å². The minimum absolute atomic E-state index is 0.273. The SMILES string of the molecule is O=C(O)C(CCC1CCCCC1)C(=O)O. The van der Waals surface area contributed by atoms with Crippen molar-refractivity contribution in [3.8, 4) is 0 Å². The van der Waals surface area contributed by atoms with Crippen molar-refractivity contribution in [2.75, 3.05) is 0 Å². The van der Waals surface area contributed by atoms with Crippen molar-refractivity contribution in [1.82, 2.24) is 0 Å². The molecule has 0 bridgehead atoms. The highest BCUT2D eigenvalue weighted by Gasteiger charge is 2.26. The van der Waals surface area contributed by atoms with Gasteiger partial charge < -0.3 is 10.2 Å². The van der Waals surface area contributed by atoms with Gasteiger partial charge in [-0.3, -0.25) is 9.59 Å². The van der Waals surface area contributed by atoms with E-state index in [1.165, 1.54) is 19.3 Å². The van der Waals surface area contributed by atoms with Crippen molar-refractivity contribution >= 4 is 11.9 Å². The maximum atomic E-state index is 10.6. The van der Waals surface area contributed by atoms with E-state index in [1.807, 2.05) is 0 Å². The summed E-state index contributed by atoms with van der Waals surface area (Å²) in [5, 5.41) is 17.4. The molecule has 86 valence electrons. The minimum atomic E-state index is -1.22. The van der Waals surface area contributed by atoms with Crippen molar-refractivity contribution in [2.45, 2.75) is 44.9 Å². The highest BCUT2D eigenvalue weighted by atomic mass is 16.4. The monoisotopic (exact) mass is 214 g/mol. The van der Waals surface area contributed by atoms with Gasteiger partial charge in [0, 0.05) is 0 Å². The topological polar surface area (TPSA) is 74.6 Å². The average molecular weight is 214 g/mol. The van der Waals surface area contributed by atoms with Gasteiger partial charge in [0.25, 0.3) is 0 Å². The lowest BCUT2D eigenvalue weighted by molar-refractivity contribution is -0.154.